The molecule has 0 aliphatic heterocycles. The van der Waals surface area contributed by atoms with Crippen LogP contribution in [0.1, 0.15) is 43.8 Å². The maximum atomic E-state index is 12.3. The number of nitrogens with zero attached hydrogens (tertiary/aromatic N) is 2. The second-order valence-electron chi connectivity index (χ2n) is 4.67. The first-order valence-corrected chi connectivity index (χ1v) is 7.18. The van der Waals surface area contributed by atoms with Gasteiger partial charge in [0.05, 0.1) is 16.9 Å². The number of amides is 1. The standard InChI is InChI=1S/C14H15N3O3S/c1-4-10-12(21-17-16-10)13(18)15-11-8(3)5-7(2)6-9(11)14(19)20/h5-6H,4H2,1-3H3,(H,15,18)(H,19,20). The molecule has 0 unspecified atom stereocenters. The molecule has 1 heterocycles. The predicted molar refractivity (Wildman–Crippen MR) is 80.1 cm³/mol. The van der Waals surface area contributed by atoms with E-state index in [-0.39, 0.29) is 11.5 Å². The van der Waals surface area contributed by atoms with Gasteiger partial charge < -0.3 is 10.4 Å². The highest BCUT2D eigenvalue weighted by atomic mass is 32.1. The molecule has 0 fully saturated rings. The van der Waals surface area contributed by atoms with E-state index in [0.29, 0.717) is 28.2 Å². The molecule has 0 saturated carbocycles. The topological polar surface area (TPSA) is 92.2 Å². The first-order valence-electron chi connectivity index (χ1n) is 6.41. The van der Waals surface area contributed by atoms with E-state index in [4.69, 9.17) is 0 Å². The van der Waals surface area contributed by atoms with Gasteiger partial charge in [0.2, 0.25) is 0 Å². The van der Waals surface area contributed by atoms with E-state index >= 15 is 0 Å². The number of carbonyl (C=O) groups excluding carboxylic acids is 1. The van der Waals surface area contributed by atoms with Crippen LogP contribution in [0.25, 0.3) is 0 Å². The number of carbonyl (C=O) groups is 2. The number of carboxylic acid groups (broad SMARTS) is 1. The molecule has 0 spiro atoms. The minimum absolute atomic E-state index is 0.0800. The first kappa shape index (κ1) is 15.1. The predicted octanol–water partition coefficient (Wildman–Crippen LogP) is 2.67. The van der Waals surface area contributed by atoms with Crippen LogP contribution >= 0.6 is 11.5 Å². The van der Waals surface area contributed by atoms with Crippen molar-refractivity contribution in [3.8, 4) is 0 Å². The lowest BCUT2D eigenvalue weighted by atomic mass is 10.0. The molecular formula is C14H15N3O3S. The van der Waals surface area contributed by atoms with Gasteiger partial charge in [0.15, 0.2) is 0 Å². The van der Waals surface area contributed by atoms with Gasteiger partial charge in [0, 0.05) is 0 Å². The van der Waals surface area contributed by atoms with Crippen LogP contribution in [0.5, 0.6) is 0 Å². The van der Waals surface area contributed by atoms with Crippen LogP contribution in [0, 0.1) is 13.8 Å². The van der Waals surface area contributed by atoms with Crippen molar-refractivity contribution in [3.05, 3.63) is 39.4 Å². The zero-order valence-electron chi connectivity index (χ0n) is 11.9. The SMILES string of the molecule is CCc1nnsc1C(=O)Nc1c(C)cc(C)cc1C(=O)O. The Kier molecular flexibility index (Phi) is 4.32. The van der Waals surface area contributed by atoms with Crippen molar-refractivity contribution < 1.29 is 14.7 Å². The monoisotopic (exact) mass is 305 g/mol. The smallest absolute Gasteiger partial charge is 0.337 e. The van der Waals surface area contributed by atoms with E-state index < -0.39 is 5.97 Å². The van der Waals surface area contributed by atoms with Gasteiger partial charge in [-0.05, 0) is 49.0 Å². The lowest BCUT2D eigenvalue weighted by Gasteiger charge is -2.12. The van der Waals surface area contributed by atoms with Crippen LogP contribution < -0.4 is 5.32 Å². The highest BCUT2D eigenvalue weighted by molar-refractivity contribution is 7.08. The number of benzene rings is 1. The van der Waals surface area contributed by atoms with Crippen molar-refractivity contribution >= 4 is 29.1 Å². The summed E-state index contributed by atoms with van der Waals surface area (Å²) in [6, 6.07) is 3.37. The Bertz CT molecular complexity index is 709. The van der Waals surface area contributed by atoms with Crippen LogP contribution in [-0.2, 0) is 6.42 Å². The van der Waals surface area contributed by atoms with E-state index in [2.05, 4.69) is 14.9 Å². The van der Waals surface area contributed by atoms with Crippen LogP contribution in [0.15, 0.2) is 12.1 Å². The molecule has 21 heavy (non-hydrogen) atoms. The molecule has 0 atom stereocenters. The molecule has 0 aliphatic rings. The maximum Gasteiger partial charge on any atom is 0.337 e. The number of anilines is 1. The number of aromatic nitrogens is 2. The molecule has 0 aliphatic carbocycles. The van der Waals surface area contributed by atoms with E-state index in [9.17, 15) is 14.7 Å². The van der Waals surface area contributed by atoms with Gasteiger partial charge in [-0.2, -0.15) is 0 Å². The average Bonchev–Trinajstić information content (AvgIpc) is 2.89. The Balaban J connectivity index is 2.40. The third-order valence-electron chi connectivity index (χ3n) is 3.05. The number of carboxylic acids is 1. The summed E-state index contributed by atoms with van der Waals surface area (Å²) in [5.41, 5.74) is 2.54. The van der Waals surface area contributed by atoms with Crippen molar-refractivity contribution in [2.75, 3.05) is 5.32 Å². The first-order chi connectivity index (χ1) is 9.93. The number of hydrogen-bond donors (Lipinski definition) is 2. The van der Waals surface area contributed by atoms with Gasteiger partial charge >= 0.3 is 5.97 Å². The molecule has 2 rings (SSSR count). The van der Waals surface area contributed by atoms with Crippen LogP contribution in [0.2, 0.25) is 0 Å². The number of rotatable bonds is 4. The minimum atomic E-state index is -1.07. The van der Waals surface area contributed by atoms with Crippen LogP contribution in [0.3, 0.4) is 0 Å². The number of aromatic carboxylic acids is 1. The van der Waals surface area contributed by atoms with Gasteiger partial charge in [-0.25, -0.2) is 4.79 Å². The molecule has 2 aromatic rings. The van der Waals surface area contributed by atoms with Gasteiger partial charge in [-0.3, -0.25) is 4.79 Å². The Morgan fingerprint density at radius 3 is 2.67 bits per heavy atom. The zero-order valence-corrected chi connectivity index (χ0v) is 12.7. The van der Waals surface area contributed by atoms with Crippen molar-refractivity contribution in [2.24, 2.45) is 0 Å². The van der Waals surface area contributed by atoms with Gasteiger partial charge in [0.1, 0.15) is 4.88 Å². The average molecular weight is 305 g/mol. The third-order valence-corrected chi connectivity index (χ3v) is 3.81. The third kappa shape index (κ3) is 3.08. The molecule has 110 valence electrons. The summed E-state index contributed by atoms with van der Waals surface area (Å²) in [6.07, 6.45) is 0.595. The zero-order chi connectivity index (χ0) is 15.6. The van der Waals surface area contributed by atoms with Crippen molar-refractivity contribution in [2.45, 2.75) is 27.2 Å². The largest absolute Gasteiger partial charge is 0.478 e. The number of nitrogens with one attached hydrogen (secondary N) is 1. The fourth-order valence-corrected chi connectivity index (χ4v) is 2.73. The van der Waals surface area contributed by atoms with Crippen molar-refractivity contribution in [3.63, 3.8) is 0 Å². The molecule has 1 aromatic carbocycles. The van der Waals surface area contributed by atoms with Crippen molar-refractivity contribution in [1.29, 1.82) is 0 Å². The molecule has 7 heteroatoms. The minimum Gasteiger partial charge on any atom is -0.478 e. The van der Waals surface area contributed by atoms with E-state index in [1.54, 1.807) is 6.92 Å². The summed E-state index contributed by atoms with van der Waals surface area (Å²) in [5.74, 6) is -1.45. The molecule has 1 amide bonds. The Morgan fingerprint density at radius 1 is 1.33 bits per heavy atom. The summed E-state index contributed by atoms with van der Waals surface area (Å²) in [7, 11) is 0. The Labute approximate surface area is 126 Å². The molecule has 6 nitrogen and oxygen atoms in total. The lowest BCUT2D eigenvalue weighted by Crippen LogP contribution is -2.16. The molecule has 1 aromatic heterocycles. The molecule has 2 N–H and O–H groups in total. The van der Waals surface area contributed by atoms with Gasteiger partial charge in [-0.1, -0.05) is 17.5 Å². The highest BCUT2D eigenvalue weighted by Gasteiger charge is 2.20. The van der Waals surface area contributed by atoms with E-state index in [0.717, 1.165) is 17.1 Å². The normalized spacial score (nSPS) is 10.4. The second-order valence-corrected chi connectivity index (χ2v) is 5.42. The maximum absolute atomic E-state index is 12.3. The number of aryl methyl sites for hydroxylation is 3. The summed E-state index contributed by atoms with van der Waals surface area (Å²) in [4.78, 5) is 24.0. The molecule has 0 saturated heterocycles. The van der Waals surface area contributed by atoms with E-state index in [1.807, 2.05) is 19.9 Å². The summed E-state index contributed by atoms with van der Waals surface area (Å²) < 4.78 is 3.76. The van der Waals surface area contributed by atoms with E-state index in [1.165, 1.54) is 6.07 Å². The van der Waals surface area contributed by atoms with Crippen LogP contribution in [0.4, 0.5) is 5.69 Å². The summed E-state index contributed by atoms with van der Waals surface area (Å²) in [6.45, 7) is 5.46. The summed E-state index contributed by atoms with van der Waals surface area (Å²) in [5, 5.41) is 15.8. The van der Waals surface area contributed by atoms with Gasteiger partial charge in [0.25, 0.3) is 5.91 Å². The Morgan fingerprint density at radius 2 is 2.05 bits per heavy atom. The Hall–Kier alpha value is -2.28. The fraction of sp³-hybridized carbons (Fsp3) is 0.286. The highest BCUT2D eigenvalue weighted by Crippen LogP contribution is 2.24. The van der Waals surface area contributed by atoms with Crippen LogP contribution in [-0.4, -0.2) is 26.6 Å². The second kappa shape index (κ2) is 6.01. The quantitative estimate of drug-likeness (QED) is 0.906. The molecular weight excluding hydrogens is 290 g/mol. The summed E-state index contributed by atoms with van der Waals surface area (Å²) >= 11 is 1.00. The lowest BCUT2D eigenvalue weighted by molar-refractivity contribution is 0.0698. The van der Waals surface area contributed by atoms with Gasteiger partial charge in [-0.15, -0.1) is 5.10 Å². The number of hydrogen-bond acceptors (Lipinski definition) is 5. The molecule has 0 bridgehead atoms. The van der Waals surface area contributed by atoms with Crippen molar-refractivity contribution in [1.82, 2.24) is 9.59 Å². The fourth-order valence-electron chi connectivity index (χ4n) is 2.08. The molecule has 0 radical (unpaired) electrons.